The molecule has 2 aliphatic heterocycles. The van der Waals surface area contributed by atoms with Crippen molar-refractivity contribution in [2.24, 2.45) is 11.8 Å². The first-order valence-corrected chi connectivity index (χ1v) is 6.75. The van der Waals surface area contributed by atoms with E-state index in [1.807, 2.05) is 0 Å². The van der Waals surface area contributed by atoms with Gasteiger partial charge >= 0.3 is 5.97 Å². The van der Waals surface area contributed by atoms with Crippen molar-refractivity contribution in [3.8, 4) is 0 Å². The maximum Gasteiger partial charge on any atom is 0.308 e. The summed E-state index contributed by atoms with van der Waals surface area (Å²) >= 11 is 0. The third kappa shape index (κ3) is 4.66. The second-order valence-corrected chi connectivity index (χ2v) is 5.29. The Balaban J connectivity index is 0.00000180. The largest absolute Gasteiger partial charge is 0.481 e. The zero-order chi connectivity index (χ0) is 13.0. The Kier molecular flexibility index (Phi) is 6.58. The highest BCUT2D eigenvalue weighted by Gasteiger charge is 2.30. The van der Waals surface area contributed by atoms with Crippen LogP contribution in [-0.2, 0) is 14.3 Å². The van der Waals surface area contributed by atoms with Gasteiger partial charge in [0.15, 0.2) is 0 Å². The molecule has 110 valence electrons. The van der Waals surface area contributed by atoms with E-state index in [4.69, 9.17) is 9.84 Å². The summed E-state index contributed by atoms with van der Waals surface area (Å²) in [5.74, 6) is -0.553. The van der Waals surface area contributed by atoms with E-state index in [0.29, 0.717) is 31.8 Å². The van der Waals surface area contributed by atoms with Gasteiger partial charge in [-0.15, -0.1) is 12.4 Å². The van der Waals surface area contributed by atoms with Crippen molar-refractivity contribution in [3.63, 3.8) is 0 Å². The molecule has 0 aromatic rings. The number of hydrogen-bond acceptors (Lipinski definition) is 3. The van der Waals surface area contributed by atoms with Crippen LogP contribution < -0.4 is 0 Å². The first kappa shape index (κ1) is 16.2. The summed E-state index contributed by atoms with van der Waals surface area (Å²) in [7, 11) is 0. The number of halogens is 1. The monoisotopic (exact) mass is 291 g/mol. The van der Waals surface area contributed by atoms with E-state index in [-0.39, 0.29) is 24.2 Å². The molecule has 0 radical (unpaired) electrons. The predicted molar refractivity (Wildman–Crippen MR) is 72.3 cm³/mol. The molecule has 5 nitrogen and oxygen atoms in total. The van der Waals surface area contributed by atoms with E-state index in [1.165, 1.54) is 0 Å². The maximum atomic E-state index is 11.9. The van der Waals surface area contributed by atoms with Crippen molar-refractivity contribution < 1.29 is 19.4 Å². The molecule has 0 saturated carbocycles. The van der Waals surface area contributed by atoms with Crippen LogP contribution in [0.3, 0.4) is 0 Å². The van der Waals surface area contributed by atoms with Gasteiger partial charge in [0, 0.05) is 32.7 Å². The van der Waals surface area contributed by atoms with Gasteiger partial charge < -0.3 is 14.7 Å². The number of carbonyl (C=O) groups excluding carboxylic acids is 1. The van der Waals surface area contributed by atoms with E-state index in [2.05, 4.69) is 0 Å². The highest BCUT2D eigenvalue weighted by molar-refractivity contribution is 5.85. The number of carbonyl (C=O) groups is 2. The van der Waals surface area contributed by atoms with Crippen LogP contribution in [0.15, 0.2) is 0 Å². The number of rotatable bonds is 4. The van der Waals surface area contributed by atoms with Gasteiger partial charge in [0.2, 0.25) is 5.91 Å². The topological polar surface area (TPSA) is 66.8 Å². The van der Waals surface area contributed by atoms with E-state index in [9.17, 15) is 9.59 Å². The first-order chi connectivity index (χ1) is 8.66. The first-order valence-electron chi connectivity index (χ1n) is 6.75. The molecule has 0 aromatic carbocycles. The molecule has 2 rings (SSSR count). The summed E-state index contributed by atoms with van der Waals surface area (Å²) in [6.45, 7) is 2.59. The molecule has 0 aromatic heterocycles. The zero-order valence-electron chi connectivity index (χ0n) is 11.0. The lowest BCUT2D eigenvalue weighted by Crippen LogP contribution is -2.30. The average Bonchev–Trinajstić information content (AvgIpc) is 2.87. The second kappa shape index (κ2) is 7.70. The molecule has 2 atom stereocenters. The number of ether oxygens (including phenoxy) is 1. The van der Waals surface area contributed by atoms with Gasteiger partial charge in [-0.2, -0.15) is 0 Å². The normalized spacial score (nSPS) is 26.8. The molecule has 0 spiro atoms. The summed E-state index contributed by atoms with van der Waals surface area (Å²) < 4.78 is 5.39. The Bertz CT molecular complexity index is 318. The molecule has 2 saturated heterocycles. The number of aliphatic carboxylic acids is 1. The number of hydrogen-bond donors (Lipinski definition) is 1. The van der Waals surface area contributed by atoms with Gasteiger partial charge in [0.25, 0.3) is 0 Å². The minimum Gasteiger partial charge on any atom is -0.481 e. The lowest BCUT2D eigenvalue weighted by atomic mass is 9.96. The smallest absolute Gasteiger partial charge is 0.308 e. The highest BCUT2D eigenvalue weighted by Crippen LogP contribution is 2.21. The lowest BCUT2D eigenvalue weighted by Gasteiger charge is -2.23. The van der Waals surface area contributed by atoms with Gasteiger partial charge in [-0.25, -0.2) is 0 Å². The van der Waals surface area contributed by atoms with Crippen LogP contribution in [0.4, 0.5) is 0 Å². The van der Waals surface area contributed by atoms with Crippen LogP contribution in [0.1, 0.15) is 32.1 Å². The van der Waals surface area contributed by atoms with Crippen LogP contribution >= 0.6 is 12.4 Å². The number of carboxylic acids is 1. The summed E-state index contributed by atoms with van der Waals surface area (Å²) in [5, 5.41) is 8.89. The van der Waals surface area contributed by atoms with Crippen molar-refractivity contribution in [3.05, 3.63) is 0 Å². The quantitative estimate of drug-likeness (QED) is 0.853. The zero-order valence-corrected chi connectivity index (χ0v) is 11.9. The Morgan fingerprint density at radius 3 is 2.68 bits per heavy atom. The van der Waals surface area contributed by atoms with Crippen molar-refractivity contribution in [1.29, 1.82) is 0 Å². The van der Waals surface area contributed by atoms with Gasteiger partial charge in [-0.1, -0.05) is 0 Å². The van der Waals surface area contributed by atoms with Crippen LogP contribution in [0.5, 0.6) is 0 Å². The van der Waals surface area contributed by atoms with Gasteiger partial charge in [0.1, 0.15) is 0 Å². The number of carboxylic acid groups (broad SMARTS) is 1. The summed E-state index contributed by atoms with van der Waals surface area (Å²) in [6.07, 6.45) is 4.22. The van der Waals surface area contributed by atoms with Crippen molar-refractivity contribution in [2.45, 2.75) is 32.1 Å². The summed E-state index contributed by atoms with van der Waals surface area (Å²) in [4.78, 5) is 24.5. The molecule has 1 amide bonds. The van der Waals surface area contributed by atoms with Gasteiger partial charge in [-0.3, -0.25) is 9.59 Å². The molecule has 2 aliphatic rings. The molecule has 6 heteroatoms. The van der Waals surface area contributed by atoms with Gasteiger partial charge in [-0.05, 0) is 31.6 Å². The van der Waals surface area contributed by atoms with Crippen LogP contribution in [0.2, 0.25) is 0 Å². The van der Waals surface area contributed by atoms with E-state index >= 15 is 0 Å². The van der Waals surface area contributed by atoms with E-state index in [0.717, 1.165) is 32.5 Å². The third-order valence-corrected chi connectivity index (χ3v) is 3.91. The Labute approximate surface area is 119 Å². The molecule has 19 heavy (non-hydrogen) atoms. The predicted octanol–water partition coefficient (Wildman–Crippen LogP) is 1.55. The van der Waals surface area contributed by atoms with Crippen LogP contribution in [0.25, 0.3) is 0 Å². The molecule has 2 unspecified atom stereocenters. The van der Waals surface area contributed by atoms with Crippen LogP contribution in [-0.4, -0.2) is 48.2 Å². The van der Waals surface area contributed by atoms with Gasteiger partial charge in [0.05, 0.1) is 5.92 Å². The van der Waals surface area contributed by atoms with Crippen LogP contribution in [0, 0.1) is 11.8 Å². The summed E-state index contributed by atoms with van der Waals surface area (Å²) in [6, 6.07) is 0. The Morgan fingerprint density at radius 1 is 1.32 bits per heavy atom. The highest BCUT2D eigenvalue weighted by atomic mass is 35.5. The molecule has 2 heterocycles. The molecular weight excluding hydrogens is 270 g/mol. The number of likely N-dealkylation sites (tertiary alicyclic amines) is 1. The molecule has 2 fully saturated rings. The minimum absolute atomic E-state index is 0. The lowest BCUT2D eigenvalue weighted by molar-refractivity contribution is -0.141. The fourth-order valence-electron chi connectivity index (χ4n) is 2.71. The fraction of sp³-hybridized carbons (Fsp3) is 0.846. The van der Waals surface area contributed by atoms with Crippen molar-refractivity contribution >= 4 is 24.3 Å². The van der Waals surface area contributed by atoms with E-state index < -0.39 is 5.97 Å². The van der Waals surface area contributed by atoms with Crippen molar-refractivity contribution in [2.75, 3.05) is 26.3 Å². The standard InChI is InChI=1S/C13H21NO4.ClH/c15-12(4-3-10-2-1-7-18-9-10)14-6-5-11(8-14)13(16)17;/h10-11H,1-9H2,(H,16,17);1H. The maximum absolute atomic E-state index is 11.9. The number of nitrogens with zero attached hydrogens (tertiary/aromatic N) is 1. The SMILES string of the molecule is Cl.O=C(O)C1CCN(C(=O)CCC2CCCOC2)C1. The molecule has 1 N–H and O–H groups in total. The average molecular weight is 292 g/mol. The fourth-order valence-corrected chi connectivity index (χ4v) is 2.71. The number of amides is 1. The Hall–Kier alpha value is -0.810. The van der Waals surface area contributed by atoms with E-state index in [1.54, 1.807) is 4.90 Å². The Morgan fingerprint density at radius 2 is 2.11 bits per heavy atom. The minimum atomic E-state index is -0.786. The summed E-state index contributed by atoms with van der Waals surface area (Å²) in [5.41, 5.74) is 0. The molecule has 0 bridgehead atoms. The second-order valence-electron chi connectivity index (χ2n) is 5.29. The molecular formula is C13H22ClNO4. The van der Waals surface area contributed by atoms with Crippen molar-refractivity contribution in [1.82, 2.24) is 4.90 Å². The molecule has 0 aliphatic carbocycles. The third-order valence-electron chi connectivity index (χ3n) is 3.91.